The van der Waals surface area contributed by atoms with Crippen LogP contribution in [-0.4, -0.2) is 22.5 Å². The summed E-state index contributed by atoms with van der Waals surface area (Å²) in [6.45, 7) is 3.72. The van der Waals surface area contributed by atoms with E-state index in [9.17, 15) is 9.90 Å². The van der Waals surface area contributed by atoms with Crippen molar-refractivity contribution < 1.29 is 9.90 Å². The fraction of sp³-hybridized carbons (Fsp3) is 0.286. The van der Waals surface area contributed by atoms with Crippen LogP contribution in [0.3, 0.4) is 0 Å². The largest absolute Gasteiger partial charge is 0.383 e. The Kier molecular flexibility index (Phi) is 3.97. The average Bonchev–Trinajstić information content (AvgIpc) is 2.91. The molecule has 1 atom stereocenters. The highest BCUT2D eigenvalue weighted by atomic mass is 32.1. The summed E-state index contributed by atoms with van der Waals surface area (Å²) in [7, 11) is 0. The summed E-state index contributed by atoms with van der Waals surface area (Å²) in [4.78, 5) is 16.8. The van der Waals surface area contributed by atoms with E-state index in [4.69, 9.17) is 0 Å². The normalized spacial score (nSPS) is 13.8. The van der Waals surface area contributed by atoms with Crippen molar-refractivity contribution in [2.24, 2.45) is 0 Å². The number of carbonyl (C=O) groups excluding carboxylic acids is 1. The van der Waals surface area contributed by atoms with Crippen LogP contribution < -0.4 is 5.32 Å². The van der Waals surface area contributed by atoms with Crippen molar-refractivity contribution in [1.29, 1.82) is 0 Å². The molecule has 1 unspecified atom stereocenters. The Bertz CT molecular complexity index is 547. The maximum Gasteiger partial charge on any atom is 0.252 e. The average molecular weight is 276 g/mol. The molecule has 0 radical (unpaired) electrons. The Labute approximate surface area is 116 Å². The highest BCUT2D eigenvalue weighted by Crippen LogP contribution is 2.24. The summed E-state index contributed by atoms with van der Waals surface area (Å²) in [6, 6.07) is 7.23. The number of rotatable bonds is 4. The minimum absolute atomic E-state index is 0.167. The van der Waals surface area contributed by atoms with Crippen molar-refractivity contribution in [2.45, 2.75) is 19.4 Å². The Balaban J connectivity index is 1.99. The zero-order valence-electron chi connectivity index (χ0n) is 10.9. The number of aromatic nitrogens is 1. The van der Waals surface area contributed by atoms with Crippen molar-refractivity contribution in [2.75, 3.05) is 6.54 Å². The lowest BCUT2D eigenvalue weighted by Crippen LogP contribution is -2.38. The molecule has 5 heteroatoms. The van der Waals surface area contributed by atoms with Gasteiger partial charge in [0, 0.05) is 16.8 Å². The lowest BCUT2D eigenvalue weighted by atomic mass is 10.1. The Hall–Kier alpha value is -1.72. The maximum atomic E-state index is 11.9. The van der Waals surface area contributed by atoms with E-state index in [1.807, 2.05) is 24.4 Å². The molecule has 19 heavy (non-hydrogen) atoms. The summed E-state index contributed by atoms with van der Waals surface area (Å²) in [6.07, 6.45) is 1.53. The van der Waals surface area contributed by atoms with Gasteiger partial charge in [-0.25, -0.2) is 0 Å². The highest BCUT2D eigenvalue weighted by molar-refractivity contribution is 7.10. The summed E-state index contributed by atoms with van der Waals surface area (Å²) in [5.74, 6) is -0.232. The zero-order valence-corrected chi connectivity index (χ0v) is 11.7. The molecule has 0 aromatic carbocycles. The molecule has 0 aliphatic carbocycles. The first kappa shape index (κ1) is 13.7. The number of hydrogen-bond donors (Lipinski definition) is 2. The summed E-state index contributed by atoms with van der Waals surface area (Å²) in [5, 5.41) is 14.9. The first-order chi connectivity index (χ1) is 8.99. The number of amides is 1. The third-order valence-corrected chi connectivity index (χ3v) is 3.94. The number of carbonyl (C=O) groups is 1. The van der Waals surface area contributed by atoms with Gasteiger partial charge in [0.15, 0.2) is 0 Å². The van der Waals surface area contributed by atoms with Gasteiger partial charge < -0.3 is 10.4 Å². The Morgan fingerprint density at radius 1 is 1.47 bits per heavy atom. The molecule has 0 aliphatic heterocycles. The van der Waals surface area contributed by atoms with Gasteiger partial charge >= 0.3 is 0 Å². The van der Waals surface area contributed by atoms with Crippen LogP contribution in [0.1, 0.15) is 27.9 Å². The van der Waals surface area contributed by atoms with E-state index in [1.165, 1.54) is 17.5 Å². The van der Waals surface area contributed by atoms with E-state index in [0.29, 0.717) is 5.56 Å². The quantitative estimate of drug-likeness (QED) is 0.899. The maximum absolute atomic E-state index is 11.9. The molecular formula is C14H16N2O2S. The van der Waals surface area contributed by atoms with Crippen LogP contribution in [-0.2, 0) is 5.60 Å². The number of aliphatic hydroxyl groups is 1. The highest BCUT2D eigenvalue weighted by Gasteiger charge is 2.25. The molecule has 0 fully saturated rings. The monoisotopic (exact) mass is 276 g/mol. The molecule has 0 saturated carbocycles. The fourth-order valence-corrected chi connectivity index (χ4v) is 2.42. The third-order valence-electron chi connectivity index (χ3n) is 2.82. The number of hydrogen-bond acceptors (Lipinski definition) is 4. The molecule has 2 aromatic rings. The van der Waals surface area contributed by atoms with E-state index in [1.54, 1.807) is 19.1 Å². The van der Waals surface area contributed by atoms with E-state index < -0.39 is 5.60 Å². The van der Waals surface area contributed by atoms with Crippen LogP contribution in [0.2, 0.25) is 0 Å². The molecule has 2 aromatic heterocycles. The van der Waals surface area contributed by atoms with Crippen LogP contribution in [0.4, 0.5) is 0 Å². The fourth-order valence-electron chi connectivity index (χ4n) is 1.63. The Morgan fingerprint density at radius 3 is 2.84 bits per heavy atom. The van der Waals surface area contributed by atoms with E-state index in [0.717, 1.165) is 10.6 Å². The van der Waals surface area contributed by atoms with Gasteiger partial charge in [-0.05, 0) is 37.4 Å². The molecular weight excluding hydrogens is 260 g/mol. The smallest absolute Gasteiger partial charge is 0.252 e. The summed E-state index contributed by atoms with van der Waals surface area (Å²) < 4.78 is 0. The van der Waals surface area contributed by atoms with Gasteiger partial charge in [0.05, 0.1) is 12.1 Å². The lowest BCUT2D eigenvalue weighted by molar-refractivity contribution is 0.0556. The molecule has 4 nitrogen and oxygen atoms in total. The summed E-state index contributed by atoms with van der Waals surface area (Å²) >= 11 is 1.47. The molecule has 0 spiro atoms. The van der Waals surface area contributed by atoms with Gasteiger partial charge in [-0.15, -0.1) is 11.3 Å². The molecule has 2 rings (SSSR count). The molecule has 0 aliphatic rings. The minimum atomic E-state index is -1.05. The second-order valence-electron chi connectivity index (χ2n) is 4.62. The molecule has 2 heterocycles. The van der Waals surface area contributed by atoms with Crippen molar-refractivity contribution in [3.8, 4) is 0 Å². The van der Waals surface area contributed by atoms with Crippen LogP contribution in [0.5, 0.6) is 0 Å². The molecule has 0 bridgehead atoms. The van der Waals surface area contributed by atoms with Gasteiger partial charge in [0.2, 0.25) is 0 Å². The van der Waals surface area contributed by atoms with E-state index in [2.05, 4.69) is 10.3 Å². The predicted molar refractivity (Wildman–Crippen MR) is 75.2 cm³/mol. The van der Waals surface area contributed by atoms with Crippen molar-refractivity contribution in [3.05, 3.63) is 52.0 Å². The van der Waals surface area contributed by atoms with Gasteiger partial charge in [-0.2, -0.15) is 0 Å². The second kappa shape index (κ2) is 5.50. The standard InChI is InChI=1S/C14H16N2O2S/c1-10-5-6-11(8-15-10)13(17)16-9-14(2,18)12-4-3-7-19-12/h3-8,18H,9H2,1-2H3,(H,16,17). The Morgan fingerprint density at radius 2 is 2.26 bits per heavy atom. The predicted octanol–water partition coefficient (Wildman–Crippen LogP) is 2.09. The van der Waals surface area contributed by atoms with E-state index in [-0.39, 0.29) is 12.5 Å². The number of thiophene rings is 1. The van der Waals surface area contributed by atoms with Crippen LogP contribution in [0.25, 0.3) is 0 Å². The van der Waals surface area contributed by atoms with Crippen molar-refractivity contribution in [3.63, 3.8) is 0 Å². The van der Waals surface area contributed by atoms with Crippen LogP contribution >= 0.6 is 11.3 Å². The number of nitrogens with zero attached hydrogens (tertiary/aromatic N) is 1. The van der Waals surface area contributed by atoms with Crippen LogP contribution in [0, 0.1) is 6.92 Å². The topological polar surface area (TPSA) is 62.2 Å². The number of pyridine rings is 1. The van der Waals surface area contributed by atoms with Crippen LogP contribution in [0.15, 0.2) is 35.8 Å². The lowest BCUT2D eigenvalue weighted by Gasteiger charge is -2.22. The number of nitrogens with one attached hydrogen (secondary N) is 1. The first-order valence-corrected chi connectivity index (χ1v) is 6.84. The molecule has 100 valence electrons. The second-order valence-corrected chi connectivity index (χ2v) is 5.57. The van der Waals surface area contributed by atoms with E-state index >= 15 is 0 Å². The van der Waals surface area contributed by atoms with Gasteiger partial charge in [-0.3, -0.25) is 9.78 Å². The van der Waals surface area contributed by atoms with Crippen molar-refractivity contribution in [1.82, 2.24) is 10.3 Å². The molecule has 0 saturated heterocycles. The van der Waals surface area contributed by atoms with Gasteiger partial charge in [0.1, 0.15) is 5.60 Å². The van der Waals surface area contributed by atoms with Gasteiger partial charge in [-0.1, -0.05) is 6.07 Å². The zero-order chi connectivity index (χ0) is 13.9. The minimum Gasteiger partial charge on any atom is -0.383 e. The first-order valence-electron chi connectivity index (χ1n) is 5.96. The SMILES string of the molecule is Cc1ccc(C(=O)NCC(C)(O)c2cccs2)cn1. The third kappa shape index (κ3) is 3.39. The number of aryl methyl sites for hydroxylation is 1. The molecule has 2 N–H and O–H groups in total. The summed E-state index contributed by atoms with van der Waals surface area (Å²) in [5.41, 5.74) is 0.303. The molecule has 1 amide bonds. The van der Waals surface area contributed by atoms with Crippen molar-refractivity contribution >= 4 is 17.2 Å². The van der Waals surface area contributed by atoms with Gasteiger partial charge in [0.25, 0.3) is 5.91 Å².